The number of nitrogens with one attached hydrogen (secondary N) is 2. The Morgan fingerprint density at radius 1 is 1.09 bits per heavy atom. The minimum Gasteiger partial charge on any atom is -0.595 e. The van der Waals surface area contributed by atoms with Crippen LogP contribution in [0.3, 0.4) is 0 Å². The van der Waals surface area contributed by atoms with E-state index in [2.05, 4.69) is 4.98 Å². The maximum atomic E-state index is 13.7. The van der Waals surface area contributed by atoms with Crippen molar-refractivity contribution in [3.05, 3.63) is 92.9 Å². The van der Waals surface area contributed by atoms with Gasteiger partial charge in [-0.25, -0.2) is 5.21 Å². The van der Waals surface area contributed by atoms with Gasteiger partial charge in [0.25, 0.3) is 0 Å². The highest BCUT2D eigenvalue weighted by atomic mass is 32.1. The fraction of sp³-hybridized carbons (Fsp3) is 0.200. The molecule has 3 atom stereocenters. The number of aromatic amines is 1. The second kappa shape index (κ2) is 8.07. The number of piperazine rings is 1. The summed E-state index contributed by atoms with van der Waals surface area (Å²) in [5.41, 5.74) is 3.82. The van der Waals surface area contributed by atoms with Gasteiger partial charge in [-0.15, -0.1) is 11.3 Å². The lowest BCUT2D eigenvalue weighted by Crippen LogP contribution is -2.99. The van der Waals surface area contributed by atoms with E-state index in [1.54, 1.807) is 45.4 Å². The summed E-state index contributed by atoms with van der Waals surface area (Å²) in [4.78, 5) is 35.1. The number of rotatable bonds is 4. The summed E-state index contributed by atoms with van der Waals surface area (Å²) >= 11 is 1.57. The number of para-hydroxylation sites is 1. The highest BCUT2D eigenvalue weighted by molar-refractivity contribution is 7.09. The van der Waals surface area contributed by atoms with Gasteiger partial charge in [-0.2, -0.15) is 5.23 Å². The van der Waals surface area contributed by atoms with Crippen molar-refractivity contribution in [1.82, 2.24) is 14.8 Å². The molecule has 3 unspecified atom stereocenters. The molecule has 0 radical (unpaired) electrons. The molecule has 0 aliphatic carbocycles. The van der Waals surface area contributed by atoms with Crippen LogP contribution in [0.2, 0.25) is 0 Å². The van der Waals surface area contributed by atoms with Gasteiger partial charge in [0, 0.05) is 40.0 Å². The van der Waals surface area contributed by atoms with E-state index < -0.39 is 17.3 Å². The van der Waals surface area contributed by atoms with Crippen LogP contribution in [0.5, 0.6) is 0 Å². The number of quaternary nitrogens is 1. The average Bonchev–Trinajstić information content (AvgIpc) is 3.49. The molecule has 0 bridgehead atoms. The third kappa shape index (κ3) is 3.33. The molecule has 172 valence electrons. The molecule has 34 heavy (non-hydrogen) atoms. The number of hydrogen-bond donors (Lipinski definition) is 3. The lowest BCUT2D eigenvalue weighted by atomic mass is 9.86. The van der Waals surface area contributed by atoms with Crippen LogP contribution < -0.4 is 5.23 Å². The number of nitrogens with zero attached hydrogens (tertiary/aromatic N) is 2. The quantitative estimate of drug-likeness (QED) is 0.396. The van der Waals surface area contributed by atoms with Crippen molar-refractivity contribution in [2.24, 2.45) is 0 Å². The molecule has 2 aliphatic heterocycles. The van der Waals surface area contributed by atoms with Crippen molar-refractivity contribution < 1.29 is 20.0 Å². The van der Waals surface area contributed by atoms with Gasteiger partial charge in [-0.05, 0) is 28.6 Å². The summed E-state index contributed by atoms with van der Waals surface area (Å²) in [6.07, 6.45) is 0.439. The van der Waals surface area contributed by atoms with Crippen LogP contribution in [0.4, 0.5) is 5.69 Å². The first-order valence-electron chi connectivity index (χ1n) is 11.1. The summed E-state index contributed by atoms with van der Waals surface area (Å²) in [5.74, 6) is -0.172. The Kier molecular flexibility index (Phi) is 5.00. The third-order valence-corrected chi connectivity index (χ3v) is 7.60. The highest BCUT2D eigenvalue weighted by Crippen LogP contribution is 2.42. The molecule has 0 spiro atoms. The van der Waals surface area contributed by atoms with Gasteiger partial charge in [0.15, 0.2) is 5.69 Å². The number of hydrogen-bond acceptors (Lipinski definition) is 5. The number of fused-ring (bicyclic) bond motifs is 4. The van der Waals surface area contributed by atoms with Gasteiger partial charge in [0.05, 0.1) is 12.6 Å². The molecule has 6 rings (SSSR count). The first kappa shape index (κ1) is 21.1. The first-order valence-corrected chi connectivity index (χ1v) is 11.9. The smallest absolute Gasteiger partial charge is 0.246 e. The van der Waals surface area contributed by atoms with E-state index in [9.17, 15) is 20.0 Å². The van der Waals surface area contributed by atoms with Crippen LogP contribution >= 0.6 is 11.3 Å². The van der Waals surface area contributed by atoms with Crippen LogP contribution in [0, 0.1) is 5.21 Å². The second-order valence-corrected chi connectivity index (χ2v) is 9.72. The minimum atomic E-state index is -1.01. The molecule has 2 aromatic carbocycles. The molecule has 4 aromatic rings. The summed E-state index contributed by atoms with van der Waals surface area (Å²) < 4.78 is 0. The molecule has 2 amide bonds. The number of H-pyrrole nitrogens is 1. The molecule has 1 fully saturated rings. The highest BCUT2D eigenvalue weighted by Gasteiger charge is 2.48. The minimum absolute atomic E-state index is 0.0203. The maximum Gasteiger partial charge on any atom is 0.246 e. The number of carbonyl (C=O) groups excluding carboxylic acids is 2. The molecule has 9 heteroatoms. The van der Waals surface area contributed by atoms with Crippen molar-refractivity contribution in [2.45, 2.75) is 25.0 Å². The van der Waals surface area contributed by atoms with E-state index in [-0.39, 0.29) is 24.0 Å². The number of aromatic nitrogens is 1. The van der Waals surface area contributed by atoms with Crippen LogP contribution in [-0.4, -0.2) is 44.4 Å². The third-order valence-electron chi connectivity index (χ3n) is 6.74. The van der Waals surface area contributed by atoms with Crippen molar-refractivity contribution in [1.29, 1.82) is 0 Å². The van der Waals surface area contributed by atoms with Gasteiger partial charge < -0.3 is 20.0 Å². The van der Waals surface area contributed by atoms with Crippen LogP contribution in [0.25, 0.3) is 10.9 Å². The number of carbonyl (C=O) groups is 2. The lowest BCUT2D eigenvalue weighted by molar-refractivity contribution is -0.991. The summed E-state index contributed by atoms with van der Waals surface area (Å²) in [5, 5.41) is 22.7. The fourth-order valence-corrected chi connectivity index (χ4v) is 5.92. The molecule has 0 saturated carbocycles. The van der Waals surface area contributed by atoms with E-state index in [0.717, 1.165) is 32.6 Å². The van der Waals surface area contributed by atoms with Gasteiger partial charge in [-0.1, -0.05) is 36.4 Å². The number of amides is 2. The molecule has 1 saturated heterocycles. The van der Waals surface area contributed by atoms with E-state index in [0.29, 0.717) is 13.0 Å². The zero-order chi connectivity index (χ0) is 23.4. The van der Waals surface area contributed by atoms with Crippen molar-refractivity contribution in [3.63, 3.8) is 0 Å². The second-order valence-electron chi connectivity index (χ2n) is 8.69. The Hall–Kier alpha value is -3.50. The van der Waals surface area contributed by atoms with Crippen molar-refractivity contribution in [3.8, 4) is 0 Å². The van der Waals surface area contributed by atoms with E-state index in [1.807, 2.05) is 41.8 Å². The molecule has 4 heterocycles. The fourth-order valence-electron chi connectivity index (χ4n) is 5.20. The molecule has 2 aliphatic rings. The zero-order valence-electron chi connectivity index (χ0n) is 18.1. The summed E-state index contributed by atoms with van der Waals surface area (Å²) in [7, 11) is 0. The van der Waals surface area contributed by atoms with Crippen LogP contribution in [0.1, 0.15) is 27.7 Å². The van der Waals surface area contributed by atoms with E-state index in [4.69, 9.17) is 0 Å². The topological polar surface area (TPSA) is 104 Å². The van der Waals surface area contributed by atoms with Gasteiger partial charge in [0.1, 0.15) is 12.6 Å². The SMILES string of the molecule is O=C1C2Cc3c([nH]c4ccccc34)C(c3ccc([NH+]([O-])O)cc3)N2C(=O)CN1Cc1cccs1. The summed E-state index contributed by atoms with van der Waals surface area (Å²) in [6, 6.07) is 17.3. The average molecular weight is 475 g/mol. The molecule has 2 aromatic heterocycles. The van der Waals surface area contributed by atoms with E-state index >= 15 is 0 Å². The largest absolute Gasteiger partial charge is 0.595 e. The van der Waals surface area contributed by atoms with Gasteiger partial charge in [-0.3, -0.25) is 9.59 Å². The molecule has 8 nitrogen and oxygen atoms in total. The number of benzene rings is 2. The molecular formula is C25H22N4O4S. The lowest BCUT2D eigenvalue weighted by Gasteiger charge is -2.47. The predicted octanol–water partition coefficient (Wildman–Crippen LogP) is 2.52. The molecular weight excluding hydrogens is 452 g/mol. The maximum absolute atomic E-state index is 13.7. The Morgan fingerprint density at radius 3 is 2.62 bits per heavy atom. The normalized spacial score (nSPS) is 21.0. The summed E-state index contributed by atoms with van der Waals surface area (Å²) in [6.45, 7) is 0.442. The molecule has 3 N–H and O–H groups in total. The first-order chi connectivity index (χ1) is 16.5. The Balaban J connectivity index is 1.46. The monoisotopic (exact) mass is 474 g/mol. The van der Waals surface area contributed by atoms with Crippen molar-refractivity contribution in [2.75, 3.05) is 6.54 Å². The van der Waals surface area contributed by atoms with Crippen molar-refractivity contribution >= 4 is 39.7 Å². The van der Waals surface area contributed by atoms with Crippen LogP contribution in [0.15, 0.2) is 66.0 Å². The zero-order valence-corrected chi connectivity index (χ0v) is 18.9. The number of thiophene rings is 1. The van der Waals surface area contributed by atoms with E-state index in [1.165, 1.54) is 0 Å². The van der Waals surface area contributed by atoms with Crippen LogP contribution in [-0.2, 0) is 22.6 Å². The Morgan fingerprint density at radius 2 is 1.88 bits per heavy atom. The standard InChI is InChI=1S/C25H22N4O4S/c30-22-14-27(13-17-4-3-11-34-17)25(31)21-12-19-18-5-1-2-6-20(18)26-23(19)24(28(21)22)15-7-9-16(10-8-15)29(32)33/h1-11,21,24,26,29,32H,12-14H2. The predicted molar refractivity (Wildman–Crippen MR) is 126 cm³/mol. The Labute approximate surface area is 199 Å². The Bertz CT molecular complexity index is 1380. The van der Waals surface area contributed by atoms with Gasteiger partial charge in [0.2, 0.25) is 11.8 Å². The van der Waals surface area contributed by atoms with Gasteiger partial charge >= 0.3 is 0 Å².